The fourth-order valence-corrected chi connectivity index (χ4v) is 4.93. The Morgan fingerprint density at radius 2 is 2.00 bits per heavy atom. The number of hydrogen-bond donors (Lipinski definition) is 0. The van der Waals surface area contributed by atoms with Gasteiger partial charge in [0.1, 0.15) is 5.15 Å². The minimum atomic E-state index is -3.96. The number of nitrogens with zero attached hydrogens (tertiary/aromatic N) is 2. The number of pyridine rings is 1. The topological polar surface area (TPSA) is 96.7 Å². The molecule has 1 aromatic carbocycles. The van der Waals surface area contributed by atoms with E-state index in [0.29, 0.717) is 41.1 Å². The van der Waals surface area contributed by atoms with Crippen LogP contribution >= 0.6 is 11.6 Å². The molecule has 4 rings (SSSR count). The lowest BCUT2D eigenvalue weighted by atomic mass is 10.2. The average molecular weight is 437 g/mol. The summed E-state index contributed by atoms with van der Waals surface area (Å²) >= 11 is 5.98. The number of carbonyl (C=O) groups excluding carboxylic acids is 1. The largest absolute Gasteiger partial charge is 0.469 e. The molecule has 0 bridgehead atoms. The van der Waals surface area contributed by atoms with Gasteiger partial charge in [-0.3, -0.25) is 4.79 Å². The van der Waals surface area contributed by atoms with E-state index in [1.807, 2.05) is 0 Å². The van der Waals surface area contributed by atoms with E-state index in [4.69, 9.17) is 21.1 Å². The number of halogens is 1. The van der Waals surface area contributed by atoms with Crippen molar-refractivity contribution in [1.82, 2.24) is 8.96 Å². The molecule has 0 aliphatic carbocycles. The van der Waals surface area contributed by atoms with Crippen LogP contribution in [0.2, 0.25) is 5.15 Å². The number of rotatable bonds is 6. The maximum Gasteiger partial charge on any atom is 0.305 e. The molecule has 0 spiro atoms. The van der Waals surface area contributed by atoms with E-state index in [0.717, 1.165) is 0 Å². The summed E-state index contributed by atoms with van der Waals surface area (Å²) in [5, 5.41) is 0.260. The highest BCUT2D eigenvalue weighted by atomic mass is 35.5. The predicted molar refractivity (Wildman–Crippen MR) is 105 cm³/mol. The zero-order chi connectivity index (χ0) is 20.6. The molecule has 0 saturated carbocycles. The third-order valence-electron chi connectivity index (χ3n) is 4.58. The maximum atomic E-state index is 13.5. The molecule has 1 aliphatic rings. The van der Waals surface area contributed by atoms with Gasteiger partial charge in [-0.05, 0) is 43.2 Å². The number of fused-ring (bicyclic) bond motifs is 2. The van der Waals surface area contributed by atoms with Crippen LogP contribution in [0, 0.1) is 0 Å². The smallest absolute Gasteiger partial charge is 0.305 e. The molecule has 10 heteroatoms. The van der Waals surface area contributed by atoms with Crippen LogP contribution in [-0.2, 0) is 26.0 Å². The van der Waals surface area contributed by atoms with Gasteiger partial charge in [0.25, 0.3) is 10.0 Å². The van der Waals surface area contributed by atoms with E-state index in [-0.39, 0.29) is 29.2 Å². The number of benzene rings is 1. The van der Waals surface area contributed by atoms with Crippen LogP contribution in [0.15, 0.2) is 41.3 Å². The van der Waals surface area contributed by atoms with Crippen molar-refractivity contribution < 1.29 is 27.4 Å². The Kier molecular flexibility index (Phi) is 5.10. The molecule has 152 valence electrons. The molecule has 2 aromatic heterocycles. The van der Waals surface area contributed by atoms with Gasteiger partial charge >= 0.3 is 5.97 Å². The molecule has 0 N–H and O–H groups in total. The Morgan fingerprint density at radius 1 is 1.21 bits per heavy atom. The lowest BCUT2D eigenvalue weighted by Gasteiger charge is -2.12. The monoisotopic (exact) mass is 436 g/mol. The molecule has 0 saturated heterocycles. The van der Waals surface area contributed by atoms with Crippen LogP contribution in [-0.4, -0.2) is 37.2 Å². The van der Waals surface area contributed by atoms with E-state index in [1.54, 1.807) is 18.2 Å². The van der Waals surface area contributed by atoms with Crippen LogP contribution in [0.1, 0.15) is 18.5 Å². The van der Waals surface area contributed by atoms with Crippen molar-refractivity contribution in [2.75, 3.05) is 13.9 Å². The Labute approximate surface area is 172 Å². The first-order valence-corrected chi connectivity index (χ1v) is 10.6. The summed E-state index contributed by atoms with van der Waals surface area (Å²) in [6, 6.07) is 9.28. The Balaban J connectivity index is 1.80. The third-order valence-corrected chi connectivity index (χ3v) is 6.55. The molecule has 0 unspecified atom stereocenters. The normalized spacial score (nSPS) is 13.0. The first-order valence-electron chi connectivity index (χ1n) is 8.79. The summed E-state index contributed by atoms with van der Waals surface area (Å²) in [4.78, 5) is 15.7. The maximum absolute atomic E-state index is 13.5. The highest BCUT2D eigenvalue weighted by Crippen LogP contribution is 2.35. The molecule has 3 aromatic rings. The Hall–Kier alpha value is -2.78. The molecule has 8 nitrogen and oxygen atoms in total. The van der Waals surface area contributed by atoms with Crippen molar-refractivity contribution in [2.24, 2.45) is 0 Å². The number of esters is 1. The molecule has 0 amide bonds. The van der Waals surface area contributed by atoms with Gasteiger partial charge < -0.3 is 14.2 Å². The lowest BCUT2D eigenvalue weighted by Crippen LogP contribution is -2.16. The van der Waals surface area contributed by atoms with Gasteiger partial charge in [-0.1, -0.05) is 11.6 Å². The standard InChI is InChI=1S/C19H17ClN2O6S/c1-26-19(23)4-2-3-12-9-14-15(6-8-18(20)21-14)22(12)29(24,25)13-5-7-16-17(10-13)28-11-27-16/h5-10H,2-4,11H2,1H3. The van der Waals surface area contributed by atoms with E-state index in [1.165, 1.54) is 29.3 Å². The molecule has 3 heterocycles. The van der Waals surface area contributed by atoms with Gasteiger partial charge in [0.2, 0.25) is 6.79 Å². The number of carbonyl (C=O) groups is 1. The second-order valence-corrected chi connectivity index (χ2v) is 8.56. The summed E-state index contributed by atoms with van der Waals surface area (Å²) in [5.41, 5.74) is 1.35. The lowest BCUT2D eigenvalue weighted by molar-refractivity contribution is -0.140. The van der Waals surface area contributed by atoms with Crippen molar-refractivity contribution in [3.05, 3.63) is 47.2 Å². The van der Waals surface area contributed by atoms with Gasteiger partial charge in [-0.15, -0.1) is 0 Å². The van der Waals surface area contributed by atoms with Gasteiger partial charge in [0.05, 0.1) is 23.0 Å². The molecule has 0 fully saturated rings. The van der Waals surface area contributed by atoms with E-state index in [9.17, 15) is 13.2 Å². The van der Waals surface area contributed by atoms with Crippen LogP contribution < -0.4 is 9.47 Å². The average Bonchev–Trinajstić information content (AvgIpc) is 3.31. The number of aromatic nitrogens is 2. The summed E-state index contributed by atoms with van der Waals surface area (Å²) in [6.07, 6.45) is 0.941. The molecule has 0 atom stereocenters. The number of methoxy groups -OCH3 is 1. The highest BCUT2D eigenvalue weighted by molar-refractivity contribution is 7.90. The van der Waals surface area contributed by atoms with Gasteiger partial charge in [0, 0.05) is 18.2 Å². The van der Waals surface area contributed by atoms with E-state index >= 15 is 0 Å². The number of aryl methyl sites for hydroxylation is 1. The summed E-state index contributed by atoms with van der Waals surface area (Å²) in [6.45, 7) is 0.0481. The summed E-state index contributed by atoms with van der Waals surface area (Å²) in [7, 11) is -2.65. The number of ether oxygens (including phenoxy) is 3. The molecular formula is C19H17ClN2O6S. The fraction of sp³-hybridized carbons (Fsp3) is 0.263. The second-order valence-electron chi connectivity index (χ2n) is 6.39. The summed E-state index contributed by atoms with van der Waals surface area (Å²) in [5.74, 6) is 0.511. The molecule has 0 radical (unpaired) electrons. The Bertz CT molecular complexity index is 1200. The van der Waals surface area contributed by atoms with Crippen molar-refractivity contribution in [2.45, 2.75) is 24.2 Å². The first kappa shape index (κ1) is 19.5. The van der Waals surface area contributed by atoms with E-state index < -0.39 is 10.0 Å². The van der Waals surface area contributed by atoms with Crippen LogP contribution in [0.3, 0.4) is 0 Å². The van der Waals surface area contributed by atoms with Crippen LogP contribution in [0.25, 0.3) is 11.0 Å². The second kappa shape index (κ2) is 7.57. The third kappa shape index (κ3) is 3.63. The van der Waals surface area contributed by atoms with Crippen LogP contribution in [0.5, 0.6) is 11.5 Å². The zero-order valence-corrected chi connectivity index (χ0v) is 17.0. The van der Waals surface area contributed by atoms with Crippen molar-refractivity contribution in [3.8, 4) is 11.5 Å². The van der Waals surface area contributed by atoms with Crippen LogP contribution in [0.4, 0.5) is 0 Å². The summed E-state index contributed by atoms with van der Waals surface area (Å²) < 4.78 is 43.4. The quantitative estimate of drug-likeness (QED) is 0.432. The molecule has 29 heavy (non-hydrogen) atoms. The van der Waals surface area contributed by atoms with E-state index in [2.05, 4.69) is 9.72 Å². The van der Waals surface area contributed by atoms with Crippen molar-refractivity contribution in [3.63, 3.8) is 0 Å². The van der Waals surface area contributed by atoms with Gasteiger partial charge in [-0.25, -0.2) is 17.4 Å². The van der Waals surface area contributed by atoms with Gasteiger partial charge in [-0.2, -0.15) is 0 Å². The highest BCUT2D eigenvalue weighted by Gasteiger charge is 2.26. The fourth-order valence-electron chi connectivity index (χ4n) is 3.21. The molecular weight excluding hydrogens is 420 g/mol. The Morgan fingerprint density at radius 3 is 2.79 bits per heavy atom. The van der Waals surface area contributed by atoms with Crippen molar-refractivity contribution >= 4 is 38.6 Å². The number of hydrogen-bond acceptors (Lipinski definition) is 7. The minimum absolute atomic E-state index is 0.0481. The van der Waals surface area contributed by atoms with Crippen molar-refractivity contribution in [1.29, 1.82) is 0 Å². The minimum Gasteiger partial charge on any atom is -0.469 e. The molecule has 1 aliphatic heterocycles. The van der Waals surface area contributed by atoms with Gasteiger partial charge in [0.15, 0.2) is 11.5 Å². The zero-order valence-electron chi connectivity index (χ0n) is 15.4. The predicted octanol–water partition coefficient (Wildman–Crippen LogP) is 3.15. The first-order chi connectivity index (χ1) is 13.9. The SMILES string of the molecule is COC(=O)CCCc1cc2nc(Cl)ccc2n1S(=O)(=O)c1ccc2c(c1)OCO2.